The summed E-state index contributed by atoms with van der Waals surface area (Å²) in [5.74, 6) is 0. The topological polar surface area (TPSA) is 47.6 Å². The van der Waals surface area contributed by atoms with Gasteiger partial charge < -0.3 is 20.4 Å². The Morgan fingerprint density at radius 3 is 2.40 bits per heavy atom. The highest BCUT2D eigenvalue weighted by Crippen LogP contribution is 2.26. The third-order valence-electron chi connectivity index (χ3n) is 4.54. The molecule has 0 radical (unpaired) electrons. The van der Waals surface area contributed by atoms with Gasteiger partial charge in [-0.1, -0.05) is 42.5 Å². The number of likely N-dealkylation sites (N-methyl/N-ethyl adjacent to an activating group) is 1. The minimum Gasteiger partial charge on any atom is -0.367 e. The molecule has 132 valence electrons. The molecule has 0 bridgehead atoms. The molecule has 3 rings (SSSR count). The predicted octanol–water partition coefficient (Wildman–Crippen LogP) is 2.80. The third kappa shape index (κ3) is 4.97. The molecule has 0 aromatic heterocycles. The van der Waals surface area contributed by atoms with E-state index in [-0.39, 0.29) is 6.03 Å². The van der Waals surface area contributed by atoms with Crippen molar-refractivity contribution >= 4 is 17.4 Å². The van der Waals surface area contributed by atoms with Gasteiger partial charge in [0, 0.05) is 32.7 Å². The lowest BCUT2D eigenvalue weighted by Crippen LogP contribution is -2.44. The molecular weight excluding hydrogens is 312 g/mol. The van der Waals surface area contributed by atoms with Gasteiger partial charge in [-0.25, -0.2) is 4.79 Å². The number of amides is 2. The Morgan fingerprint density at radius 2 is 1.64 bits per heavy atom. The molecule has 5 heteroatoms. The summed E-state index contributed by atoms with van der Waals surface area (Å²) in [7, 11) is 2.14. The van der Waals surface area contributed by atoms with E-state index in [0.717, 1.165) is 44.0 Å². The average Bonchev–Trinajstić information content (AvgIpc) is 2.64. The smallest absolute Gasteiger partial charge is 0.319 e. The number of hydrogen-bond acceptors (Lipinski definition) is 3. The third-order valence-corrected chi connectivity index (χ3v) is 4.54. The Balaban J connectivity index is 1.54. The Bertz CT molecular complexity index is 681. The highest BCUT2D eigenvalue weighted by molar-refractivity contribution is 5.93. The summed E-state index contributed by atoms with van der Waals surface area (Å²) in [6.07, 6.45) is 0.828. The van der Waals surface area contributed by atoms with Crippen LogP contribution in [0.1, 0.15) is 5.56 Å². The maximum atomic E-state index is 12.2. The minimum absolute atomic E-state index is 0.155. The van der Waals surface area contributed by atoms with Gasteiger partial charge in [0.2, 0.25) is 0 Å². The molecule has 1 saturated heterocycles. The maximum Gasteiger partial charge on any atom is 0.319 e. The number of hydrogen-bond donors (Lipinski definition) is 2. The monoisotopic (exact) mass is 338 g/mol. The first-order chi connectivity index (χ1) is 12.2. The zero-order valence-electron chi connectivity index (χ0n) is 14.7. The number of nitrogens with one attached hydrogen (secondary N) is 2. The summed E-state index contributed by atoms with van der Waals surface area (Å²) in [6, 6.07) is 18.0. The zero-order chi connectivity index (χ0) is 17.5. The van der Waals surface area contributed by atoms with Crippen molar-refractivity contribution in [1.82, 2.24) is 10.2 Å². The van der Waals surface area contributed by atoms with E-state index < -0.39 is 0 Å². The van der Waals surface area contributed by atoms with Crippen LogP contribution in [0, 0.1) is 0 Å². The molecular formula is C20H26N4O. The lowest BCUT2D eigenvalue weighted by molar-refractivity contribution is 0.252. The molecule has 2 N–H and O–H groups in total. The van der Waals surface area contributed by atoms with Crippen molar-refractivity contribution in [2.24, 2.45) is 0 Å². The quantitative estimate of drug-likeness (QED) is 0.881. The molecule has 1 aliphatic rings. The van der Waals surface area contributed by atoms with Crippen LogP contribution >= 0.6 is 0 Å². The molecule has 2 amide bonds. The number of carbonyl (C=O) groups excluding carboxylic acids is 1. The number of rotatable bonds is 5. The van der Waals surface area contributed by atoms with Crippen LogP contribution in [0.15, 0.2) is 54.6 Å². The van der Waals surface area contributed by atoms with Gasteiger partial charge in [-0.05, 0) is 31.2 Å². The van der Waals surface area contributed by atoms with Crippen LogP contribution in [0.25, 0.3) is 0 Å². The van der Waals surface area contributed by atoms with Crippen molar-refractivity contribution in [3.63, 3.8) is 0 Å². The van der Waals surface area contributed by atoms with Crippen LogP contribution in [0.5, 0.6) is 0 Å². The maximum absolute atomic E-state index is 12.2. The SMILES string of the molecule is CN1CCN(c2ccccc2NC(=O)NCCc2ccccc2)CC1. The summed E-state index contributed by atoms with van der Waals surface area (Å²) < 4.78 is 0. The molecule has 25 heavy (non-hydrogen) atoms. The summed E-state index contributed by atoms with van der Waals surface area (Å²) >= 11 is 0. The summed E-state index contributed by atoms with van der Waals surface area (Å²) in [6.45, 7) is 4.65. The predicted molar refractivity (Wildman–Crippen MR) is 103 cm³/mol. The van der Waals surface area contributed by atoms with E-state index in [9.17, 15) is 4.79 Å². The van der Waals surface area contributed by atoms with Crippen LogP contribution in [-0.4, -0.2) is 50.7 Å². The summed E-state index contributed by atoms with van der Waals surface area (Å²) in [5, 5.41) is 5.94. The van der Waals surface area contributed by atoms with Crippen molar-refractivity contribution in [3.8, 4) is 0 Å². The van der Waals surface area contributed by atoms with E-state index in [0.29, 0.717) is 6.54 Å². The standard InChI is InChI=1S/C20H26N4O/c1-23-13-15-24(16-14-23)19-10-6-5-9-18(19)22-20(25)21-12-11-17-7-3-2-4-8-17/h2-10H,11-16H2,1H3,(H2,21,22,25). The lowest BCUT2D eigenvalue weighted by Gasteiger charge is -2.35. The van der Waals surface area contributed by atoms with Crippen LogP contribution in [0.3, 0.4) is 0 Å². The molecule has 1 aliphatic heterocycles. The molecule has 2 aromatic rings. The van der Waals surface area contributed by atoms with E-state index in [1.807, 2.05) is 36.4 Å². The Morgan fingerprint density at radius 1 is 0.960 bits per heavy atom. The number of benzene rings is 2. The van der Waals surface area contributed by atoms with Gasteiger partial charge >= 0.3 is 6.03 Å². The second kappa shape index (κ2) is 8.53. The fourth-order valence-corrected chi connectivity index (χ4v) is 3.03. The van der Waals surface area contributed by atoms with Crippen molar-refractivity contribution in [2.45, 2.75) is 6.42 Å². The Hall–Kier alpha value is -2.53. The van der Waals surface area contributed by atoms with Gasteiger partial charge in [-0.3, -0.25) is 0 Å². The summed E-state index contributed by atoms with van der Waals surface area (Å²) in [4.78, 5) is 16.9. The zero-order valence-corrected chi connectivity index (χ0v) is 14.7. The first-order valence-corrected chi connectivity index (χ1v) is 8.83. The lowest BCUT2D eigenvalue weighted by atomic mass is 10.1. The highest BCUT2D eigenvalue weighted by Gasteiger charge is 2.17. The first kappa shape index (κ1) is 17.3. The molecule has 2 aromatic carbocycles. The van der Waals surface area contributed by atoms with Crippen LogP contribution in [0.2, 0.25) is 0 Å². The van der Waals surface area contributed by atoms with E-state index in [1.165, 1.54) is 5.56 Å². The van der Waals surface area contributed by atoms with Gasteiger partial charge in [0.15, 0.2) is 0 Å². The second-order valence-corrected chi connectivity index (χ2v) is 6.42. The van der Waals surface area contributed by atoms with Crippen molar-refractivity contribution < 1.29 is 4.79 Å². The molecule has 1 fully saturated rings. The van der Waals surface area contributed by atoms with E-state index in [4.69, 9.17) is 0 Å². The molecule has 1 heterocycles. The van der Waals surface area contributed by atoms with Crippen molar-refractivity contribution in [1.29, 1.82) is 0 Å². The molecule has 0 saturated carbocycles. The first-order valence-electron chi connectivity index (χ1n) is 8.83. The van der Waals surface area contributed by atoms with E-state index in [2.05, 4.69) is 45.7 Å². The van der Waals surface area contributed by atoms with E-state index in [1.54, 1.807) is 0 Å². The fraction of sp³-hybridized carbons (Fsp3) is 0.350. The molecule has 5 nitrogen and oxygen atoms in total. The molecule has 0 atom stereocenters. The Labute approximate surface area is 149 Å². The largest absolute Gasteiger partial charge is 0.367 e. The van der Waals surface area contributed by atoms with Gasteiger partial charge in [0.25, 0.3) is 0 Å². The number of urea groups is 1. The molecule has 0 unspecified atom stereocenters. The van der Waals surface area contributed by atoms with Crippen LogP contribution in [0.4, 0.5) is 16.2 Å². The normalized spacial score (nSPS) is 15.0. The van der Waals surface area contributed by atoms with Crippen molar-refractivity contribution in [2.75, 3.05) is 50.0 Å². The number of piperazine rings is 1. The number of carbonyl (C=O) groups is 1. The van der Waals surface area contributed by atoms with Crippen LogP contribution < -0.4 is 15.5 Å². The van der Waals surface area contributed by atoms with Gasteiger partial charge in [0.1, 0.15) is 0 Å². The minimum atomic E-state index is -0.155. The Kier molecular flexibility index (Phi) is 5.90. The van der Waals surface area contributed by atoms with Gasteiger partial charge in [-0.2, -0.15) is 0 Å². The average molecular weight is 338 g/mol. The van der Waals surface area contributed by atoms with Gasteiger partial charge in [0.05, 0.1) is 11.4 Å². The molecule has 0 aliphatic carbocycles. The number of anilines is 2. The highest BCUT2D eigenvalue weighted by atomic mass is 16.2. The number of nitrogens with zero attached hydrogens (tertiary/aromatic N) is 2. The second-order valence-electron chi connectivity index (χ2n) is 6.42. The summed E-state index contributed by atoms with van der Waals surface area (Å²) in [5.41, 5.74) is 3.18. The molecule has 0 spiro atoms. The van der Waals surface area contributed by atoms with E-state index >= 15 is 0 Å². The van der Waals surface area contributed by atoms with Crippen LogP contribution in [-0.2, 0) is 6.42 Å². The fourth-order valence-electron chi connectivity index (χ4n) is 3.03. The van der Waals surface area contributed by atoms with Crippen molar-refractivity contribution in [3.05, 3.63) is 60.2 Å². The number of para-hydroxylation sites is 2. The van der Waals surface area contributed by atoms with Gasteiger partial charge in [-0.15, -0.1) is 0 Å².